The van der Waals surface area contributed by atoms with Gasteiger partial charge in [-0.3, -0.25) is 14.3 Å². The lowest BCUT2D eigenvalue weighted by molar-refractivity contribution is -0.659. The Hall–Kier alpha value is -5.46. The molecule has 0 spiro atoms. The zero-order chi connectivity index (χ0) is 35.5. The summed E-state index contributed by atoms with van der Waals surface area (Å²) in [6, 6.07) is 20.4. The molecular formula is C34H31F3N6O5S. The van der Waals surface area contributed by atoms with Crippen LogP contribution in [-0.2, 0) is 30.4 Å². The second-order valence-electron chi connectivity index (χ2n) is 11.4. The highest BCUT2D eigenvalue weighted by molar-refractivity contribution is 7.85. The van der Waals surface area contributed by atoms with E-state index in [0.717, 1.165) is 42.5 Å². The predicted octanol–water partition coefficient (Wildman–Crippen LogP) is 4.61. The number of carbonyl (C=O) groups is 1. The molecular weight excluding hydrogens is 661 g/mol. The van der Waals surface area contributed by atoms with Crippen molar-refractivity contribution in [1.29, 1.82) is 5.26 Å². The number of amides is 1. The van der Waals surface area contributed by atoms with Crippen LogP contribution in [0.2, 0.25) is 0 Å². The Kier molecular flexibility index (Phi) is 9.93. The quantitative estimate of drug-likeness (QED) is 0.203. The van der Waals surface area contributed by atoms with E-state index in [0.29, 0.717) is 17.1 Å². The van der Waals surface area contributed by atoms with Crippen LogP contribution in [0.1, 0.15) is 47.2 Å². The number of nitrogens with zero attached hydrogens (tertiary/aromatic N) is 5. The van der Waals surface area contributed by atoms with E-state index in [1.54, 1.807) is 66.0 Å². The fourth-order valence-electron chi connectivity index (χ4n) is 5.75. The van der Waals surface area contributed by atoms with Gasteiger partial charge in [-0.05, 0) is 67.4 Å². The standard InChI is InChI=1S/C28H25F3N6O2.C6H6O3S/c1-34-14-15-36(21-12-10-18(17-32)11-13-21)26(34)24-23(25(38)33-20-7-3-4-8-20)27(39)37(35(24)2)22-9-5-6-19(16-22)28(29,30)31;7-10(8,9)6-4-2-1-3-5-6/h5-6,9-16,20H,3-4,7-8H2,1-2H3;1-5H,(H,7,8,9). The van der Waals surface area contributed by atoms with Gasteiger partial charge in [0.1, 0.15) is 33.8 Å². The number of hydrogen-bond donors (Lipinski definition) is 1. The average Bonchev–Trinajstić information content (AvgIpc) is 3.78. The van der Waals surface area contributed by atoms with E-state index in [-0.39, 0.29) is 27.9 Å². The first kappa shape index (κ1) is 34.9. The van der Waals surface area contributed by atoms with E-state index in [2.05, 4.69) is 11.4 Å². The molecule has 1 N–H and O–H groups in total. The van der Waals surface area contributed by atoms with Crippen molar-refractivity contribution in [3.8, 4) is 29.0 Å². The van der Waals surface area contributed by atoms with Gasteiger partial charge in [-0.1, -0.05) is 37.1 Å². The Morgan fingerprint density at radius 3 is 2.22 bits per heavy atom. The van der Waals surface area contributed by atoms with Crippen molar-refractivity contribution in [3.63, 3.8) is 0 Å². The smallest absolute Gasteiger partial charge is 0.416 e. The third-order valence-corrected chi connectivity index (χ3v) is 8.97. The van der Waals surface area contributed by atoms with Crippen molar-refractivity contribution in [2.75, 3.05) is 0 Å². The second-order valence-corrected chi connectivity index (χ2v) is 12.8. The maximum Gasteiger partial charge on any atom is 0.416 e. The first-order chi connectivity index (χ1) is 23.2. The summed E-state index contributed by atoms with van der Waals surface area (Å²) in [7, 11) is -0.961. The molecule has 15 heteroatoms. The van der Waals surface area contributed by atoms with Crippen molar-refractivity contribution in [2.45, 2.75) is 42.8 Å². The first-order valence-corrected chi connectivity index (χ1v) is 16.5. The van der Waals surface area contributed by atoms with Gasteiger partial charge in [0.05, 0.1) is 34.8 Å². The van der Waals surface area contributed by atoms with Crippen molar-refractivity contribution in [3.05, 3.63) is 118 Å². The third-order valence-electron chi connectivity index (χ3n) is 8.12. The SMILES string of the molecule is Cn1c(-c2n(-c3ccc(C#N)cc3)cc[n+]2C)c(C(=O)NC2CCCC2)c(=O)n1-c1cccc(C(F)(F)F)c1.O=S(=O)([O-])c1ccccc1. The van der Waals surface area contributed by atoms with Gasteiger partial charge in [-0.15, -0.1) is 0 Å². The second kappa shape index (κ2) is 14.0. The van der Waals surface area contributed by atoms with Crippen LogP contribution in [-0.4, -0.2) is 38.9 Å². The molecule has 1 aliphatic carbocycles. The molecule has 0 aliphatic heterocycles. The van der Waals surface area contributed by atoms with Gasteiger partial charge >= 0.3 is 12.0 Å². The van der Waals surface area contributed by atoms with Gasteiger partial charge in [-0.2, -0.15) is 23.0 Å². The third kappa shape index (κ3) is 7.50. The highest BCUT2D eigenvalue weighted by Crippen LogP contribution is 2.31. The predicted molar refractivity (Wildman–Crippen MR) is 171 cm³/mol. The summed E-state index contributed by atoms with van der Waals surface area (Å²) in [4.78, 5) is 27.3. The van der Waals surface area contributed by atoms with Crippen LogP contribution in [0.4, 0.5) is 13.2 Å². The van der Waals surface area contributed by atoms with Crippen molar-refractivity contribution < 1.29 is 35.5 Å². The van der Waals surface area contributed by atoms with Crippen molar-refractivity contribution >= 4 is 16.0 Å². The van der Waals surface area contributed by atoms with Crippen molar-refractivity contribution in [2.24, 2.45) is 14.1 Å². The van der Waals surface area contributed by atoms with E-state index in [4.69, 9.17) is 0 Å². The van der Waals surface area contributed by atoms with Crippen LogP contribution in [0.25, 0.3) is 22.9 Å². The number of aryl methyl sites for hydroxylation is 1. The number of benzene rings is 3. The van der Waals surface area contributed by atoms with E-state index >= 15 is 0 Å². The van der Waals surface area contributed by atoms with Crippen LogP contribution < -0.4 is 15.4 Å². The van der Waals surface area contributed by atoms with Gasteiger partial charge in [-0.25, -0.2) is 17.7 Å². The molecule has 11 nitrogen and oxygen atoms in total. The Morgan fingerprint density at radius 1 is 1.00 bits per heavy atom. The number of imidazole rings is 1. The highest BCUT2D eigenvalue weighted by Gasteiger charge is 2.36. The maximum absolute atomic E-state index is 13.9. The highest BCUT2D eigenvalue weighted by atomic mass is 32.2. The summed E-state index contributed by atoms with van der Waals surface area (Å²) in [6.07, 6.45) is 2.43. The molecule has 0 saturated heterocycles. The van der Waals surface area contributed by atoms with Gasteiger partial charge in [0.15, 0.2) is 5.69 Å². The zero-order valence-corrected chi connectivity index (χ0v) is 27.2. The Labute approximate surface area is 279 Å². The van der Waals surface area contributed by atoms with Gasteiger partial charge in [0, 0.05) is 13.1 Å². The molecule has 49 heavy (non-hydrogen) atoms. The molecule has 254 valence electrons. The lowest BCUT2D eigenvalue weighted by Gasteiger charge is -2.13. The minimum Gasteiger partial charge on any atom is -0.744 e. The summed E-state index contributed by atoms with van der Waals surface area (Å²) in [5, 5.41) is 12.1. The number of carbonyl (C=O) groups excluding carboxylic acids is 1. The average molecular weight is 693 g/mol. The molecule has 0 unspecified atom stereocenters. The number of aromatic nitrogens is 4. The summed E-state index contributed by atoms with van der Waals surface area (Å²) in [6.45, 7) is 0. The summed E-state index contributed by atoms with van der Waals surface area (Å²) >= 11 is 0. The number of nitrogens with one attached hydrogen (secondary N) is 1. The molecule has 1 fully saturated rings. The Bertz CT molecular complexity index is 2190. The molecule has 5 aromatic rings. The largest absolute Gasteiger partial charge is 0.744 e. The minimum atomic E-state index is -4.60. The van der Waals surface area contributed by atoms with E-state index < -0.39 is 33.3 Å². The minimum absolute atomic E-state index is 0.0161. The normalized spacial score (nSPS) is 13.4. The summed E-state index contributed by atoms with van der Waals surface area (Å²) < 4.78 is 77.4. The van der Waals surface area contributed by atoms with Crippen LogP contribution in [0, 0.1) is 11.3 Å². The monoisotopic (exact) mass is 692 g/mol. The number of alkyl halides is 3. The number of halogens is 3. The van der Waals surface area contributed by atoms with Crippen molar-refractivity contribution in [1.82, 2.24) is 19.2 Å². The molecule has 3 aromatic carbocycles. The lowest BCUT2D eigenvalue weighted by atomic mass is 10.1. The molecule has 0 bridgehead atoms. The Morgan fingerprint density at radius 2 is 1.65 bits per heavy atom. The number of hydrogen-bond acceptors (Lipinski definition) is 6. The Balaban J connectivity index is 0.000000402. The first-order valence-electron chi connectivity index (χ1n) is 15.1. The molecule has 1 saturated carbocycles. The van der Waals surface area contributed by atoms with Crippen LogP contribution in [0.3, 0.4) is 0 Å². The van der Waals surface area contributed by atoms with Crippen LogP contribution >= 0.6 is 0 Å². The van der Waals surface area contributed by atoms with Crippen LogP contribution in [0.5, 0.6) is 0 Å². The molecule has 1 aliphatic rings. The molecule has 6 rings (SSSR count). The maximum atomic E-state index is 13.9. The molecule has 0 atom stereocenters. The fraction of sp³-hybridized carbons (Fsp3) is 0.235. The lowest BCUT2D eigenvalue weighted by Crippen LogP contribution is -2.37. The molecule has 0 radical (unpaired) electrons. The fourth-order valence-corrected chi connectivity index (χ4v) is 6.24. The number of nitriles is 1. The van der Waals surface area contributed by atoms with E-state index in [1.165, 1.54) is 41.1 Å². The van der Waals surface area contributed by atoms with Gasteiger partial charge in [0.2, 0.25) is 0 Å². The van der Waals surface area contributed by atoms with E-state index in [1.807, 2.05) is 0 Å². The molecule has 2 heterocycles. The topological polar surface area (TPSA) is 146 Å². The summed E-state index contributed by atoms with van der Waals surface area (Å²) in [5.41, 5.74) is -0.427. The number of rotatable bonds is 6. The van der Waals surface area contributed by atoms with Gasteiger partial charge < -0.3 is 9.87 Å². The van der Waals surface area contributed by atoms with E-state index in [9.17, 15) is 41.0 Å². The zero-order valence-electron chi connectivity index (χ0n) is 26.4. The molecule has 1 amide bonds. The van der Waals surface area contributed by atoms with Gasteiger partial charge in [0.25, 0.3) is 11.5 Å². The summed E-state index contributed by atoms with van der Waals surface area (Å²) in [5.74, 6) is -0.114. The molecule has 2 aromatic heterocycles. The van der Waals surface area contributed by atoms with Crippen LogP contribution in [0.15, 0.2) is 101 Å².